The van der Waals surface area contributed by atoms with E-state index < -0.39 is 9.84 Å². The Bertz CT molecular complexity index is 749. The largest absolute Gasteiger partial charge is 0.219 e. The van der Waals surface area contributed by atoms with Gasteiger partial charge in [0.05, 0.1) is 9.79 Å². The van der Waals surface area contributed by atoms with Crippen molar-refractivity contribution in [2.75, 3.05) is 0 Å². The molecule has 0 amide bonds. The van der Waals surface area contributed by atoms with Crippen LogP contribution < -0.4 is 0 Å². The predicted molar refractivity (Wildman–Crippen MR) is 82.0 cm³/mol. The molecule has 20 heavy (non-hydrogen) atoms. The van der Waals surface area contributed by atoms with Crippen molar-refractivity contribution in [3.05, 3.63) is 58.1 Å². The predicted octanol–water partition coefficient (Wildman–Crippen LogP) is 4.06. The van der Waals surface area contributed by atoms with E-state index in [4.69, 9.17) is 0 Å². The zero-order valence-corrected chi connectivity index (χ0v) is 13.4. The molecule has 2 rings (SSSR count). The molecule has 0 atom stereocenters. The second kappa shape index (κ2) is 5.06. The van der Waals surface area contributed by atoms with E-state index in [2.05, 4.69) is 0 Å². The summed E-state index contributed by atoms with van der Waals surface area (Å²) in [6.45, 7) is 9.81. The third kappa shape index (κ3) is 2.50. The van der Waals surface area contributed by atoms with Crippen molar-refractivity contribution in [3.8, 4) is 0 Å². The Kier molecular flexibility index (Phi) is 3.74. The number of hydrogen-bond acceptors (Lipinski definition) is 2. The smallest absolute Gasteiger partial charge is 0.206 e. The second-order valence-corrected chi connectivity index (χ2v) is 7.38. The fourth-order valence-electron chi connectivity index (χ4n) is 2.17. The van der Waals surface area contributed by atoms with E-state index in [1.807, 2.05) is 40.7 Å². The Hall–Kier alpha value is -1.61. The van der Waals surface area contributed by atoms with Crippen LogP contribution in [0.25, 0.3) is 0 Å². The van der Waals surface area contributed by atoms with Gasteiger partial charge in [-0.3, -0.25) is 0 Å². The monoisotopic (exact) mass is 288 g/mol. The highest BCUT2D eigenvalue weighted by Crippen LogP contribution is 2.26. The van der Waals surface area contributed by atoms with Crippen molar-refractivity contribution in [2.24, 2.45) is 0 Å². The topological polar surface area (TPSA) is 34.1 Å². The van der Waals surface area contributed by atoms with Crippen LogP contribution in [-0.2, 0) is 9.84 Å². The van der Waals surface area contributed by atoms with Crippen molar-refractivity contribution < 1.29 is 8.42 Å². The normalized spacial score (nSPS) is 11.7. The van der Waals surface area contributed by atoms with E-state index in [9.17, 15) is 8.42 Å². The van der Waals surface area contributed by atoms with Crippen LogP contribution in [0.2, 0.25) is 0 Å². The van der Waals surface area contributed by atoms with Gasteiger partial charge in [0.2, 0.25) is 9.84 Å². The third-order valence-electron chi connectivity index (χ3n) is 4.00. The quantitative estimate of drug-likeness (QED) is 0.835. The molecule has 0 spiro atoms. The highest BCUT2D eigenvalue weighted by atomic mass is 32.2. The first kappa shape index (κ1) is 14.8. The number of benzene rings is 2. The van der Waals surface area contributed by atoms with Crippen LogP contribution in [0.5, 0.6) is 0 Å². The van der Waals surface area contributed by atoms with Crippen LogP contribution in [-0.4, -0.2) is 8.42 Å². The van der Waals surface area contributed by atoms with Crippen molar-refractivity contribution in [1.82, 2.24) is 0 Å². The molecule has 0 fully saturated rings. The van der Waals surface area contributed by atoms with Crippen LogP contribution in [0, 0.1) is 34.6 Å². The number of rotatable bonds is 2. The van der Waals surface area contributed by atoms with Crippen molar-refractivity contribution in [1.29, 1.82) is 0 Å². The van der Waals surface area contributed by atoms with Gasteiger partial charge in [-0.2, -0.15) is 0 Å². The summed E-state index contributed by atoms with van der Waals surface area (Å²) < 4.78 is 25.4. The molecule has 0 aromatic heterocycles. The molecule has 0 radical (unpaired) electrons. The maximum atomic E-state index is 12.7. The Morgan fingerprint density at radius 2 is 1.15 bits per heavy atom. The van der Waals surface area contributed by atoms with Gasteiger partial charge >= 0.3 is 0 Å². The standard InChI is InChI=1S/C17H20O2S/c1-11-6-7-16(8-12(11)2)20(18,19)17-9-13(3)15(5)14(4)10-17/h6-10H,1-5H3. The SMILES string of the molecule is Cc1ccc(S(=O)(=O)c2cc(C)c(C)c(C)c2)cc1C. The molecular formula is C17H20O2S. The number of sulfone groups is 1. The van der Waals surface area contributed by atoms with E-state index in [0.717, 1.165) is 27.8 Å². The Morgan fingerprint density at radius 1 is 0.650 bits per heavy atom. The molecule has 2 aromatic carbocycles. The summed E-state index contributed by atoms with van der Waals surface area (Å²) in [5.74, 6) is 0. The molecule has 0 heterocycles. The molecule has 0 unspecified atom stereocenters. The fourth-order valence-corrected chi connectivity index (χ4v) is 3.68. The first-order valence-corrected chi connectivity index (χ1v) is 8.12. The first-order chi connectivity index (χ1) is 9.23. The van der Waals surface area contributed by atoms with Crippen LogP contribution in [0.4, 0.5) is 0 Å². The lowest BCUT2D eigenvalue weighted by Gasteiger charge is -2.11. The van der Waals surface area contributed by atoms with E-state index in [1.54, 1.807) is 24.3 Å². The fraction of sp³-hybridized carbons (Fsp3) is 0.294. The van der Waals surface area contributed by atoms with Gasteiger partial charge in [-0.05, 0) is 86.7 Å². The number of hydrogen-bond donors (Lipinski definition) is 0. The lowest BCUT2D eigenvalue weighted by Crippen LogP contribution is -2.04. The van der Waals surface area contributed by atoms with E-state index in [1.165, 1.54) is 0 Å². The van der Waals surface area contributed by atoms with Gasteiger partial charge < -0.3 is 0 Å². The van der Waals surface area contributed by atoms with Gasteiger partial charge in [-0.1, -0.05) is 6.07 Å². The van der Waals surface area contributed by atoms with Gasteiger partial charge in [0, 0.05) is 0 Å². The Morgan fingerprint density at radius 3 is 1.65 bits per heavy atom. The number of aryl methyl sites for hydroxylation is 4. The summed E-state index contributed by atoms with van der Waals surface area (Å²) in [6, 6.07) is 8.80. The minimum atomic E-state index is -3.44. The summed E-state index contributed by atoms with van der Waals surface area (Å²) >= 11 is 0. The summed E-state index contributed by atoms with van der Waals surface area (Å²) in [7, 11) is -3.44. The van der Waals surface area contributed by atoms with E-state index in [0.29, 0.717) is 9.79 Å². The molecule has 0 N–H and O–H groups in total. The summed E-state index contributed by atoms with van der Waals surface area (Å²) in [5, 5.41) is 0. The van der Waals surface area contributed by atoms with Gasteiger partial charge in [0.25, 0.3) is 0 Å². The van der Waals surface area contributed by atoms with Crippen LogP contribution in [0.15, 0.2) is 40.1 Å². The molecular weight excluding hydrogens is 268 g/mol. The molecule has 2 aromatic rings. The molecule has 106 valence electrons. The van der Waals surface area contributed by atoms with Gasteiger partial charge in [0.1, 0.15) is 0 Å². The third-order valence-corrected chi connectivity index (χ3v) is 5.73. The van der Waals surface area contributed by atoms with Gasteiger partial charge in [-0.15, -0.1) is 0 Å². The maximum absolute atomic E-state index is 12.7. The molecule has 0 aliphatic carbocycles. The molecule has 0 aliphatic rings. The Labute approximate surface area is 121 Å². The van der Waals surface area contributed by atoms with Crippen LogP contribution >= 0.6 is 0 Å². The molecule has 3 heteroatoms. The molecule has 0 saturated carbocycles. The highest BCUT2D eigenvalue weighted by molar-refractivity contribution is 7.91. The lowest BCUT2D eigenvalue weighted by molar-refractivity contribution is 0.595. The lowest BCUT2D eigenvalue weighted by atomic mass is 10.1. The van der Waals surface area contributed by atoms with E-state index in [-0.39, 0.29) is 0 Å². The van der Waals surface area contributed by atoms with E-state index >= 15 is 0 Å². The molecule has 0 saturated heterocycles. The zero-order valence-electron chi connectivity index (χ0n) is 12.6. The van der Waals surface area contributed by atoms with Gasteiger partial charge in [-0.25, -0.2) is 8.42 Å². The minimum absolute atomic E-state index is 0.364. The highest BCUT2D eigenvalue weighted by Gasteiger charge is 2.19. The van der Waals surface area contributed by atoms with Crippen molar-refractivity contribution in [2.45, 2.75) is 44.4 Å². The van der Waals surface area contributed by atoms with Crippen molar-refractivity contribution >= 4 is 9.84 Å². The second-order valence-electron chi connectivity index (χ2n) is 5.43. The van der Waals surface area contributed by atoms with Crippen LogP contribution in [0.3, 0.4) is 0 Å². The summed E-state index contributed by atoms with van der Waals surface area (Å²) in [5.41, 5.74) is 5.25. The Balaban J connectivity index is 2.63. The van der Waals surface area contributed by atoms with Gasteiger partial charge in [0.15, 0.2) is 0 Å². The average Bonchev–Trinajstić information content (AvgIpc) is 2.38. The zero-order chi connectivity index (χ0) is 15.1. The molecule has 0 aliphatic heterocycles. The van der Waals surface area contributed by atoms with Crippen molar-refractivity contribution in [3.63, 3.8) is 0 Å². The maximum Gasteiger partial charge on any atom is 0.206 e. The summed E-state index contributed by atoms with van der Waals surface area (Å²) in [6.07, 6.45) is 0. The first-order valence-electron chi connectivity index (χ1n) is 6.63. The average molecular weight is 288 g/mol. The molecule has 0 bridgehead atoms. The minimum Gasteiger partial charge on any atom is -0.219 e. The molecule has 2 nitrogen and oxygen atoms in total. The summed E-state index contributed by atoms with van der Waals surface area (Å²) in [4.78, 5) is 0.740. The van der Waals surface area contributed by atoms with Crippen LogP contribution in [0.1, 0.15) is 27.8 Å².